The van der Waals surface area contributed by atoms with E-state index in [4.69, 9.17) is 4.18 Å². The number of hydrogen-bond acceptors (Lipinski definition) is 6. The topological polar surface area (TPSA) is 75.5 Å². The minimum atomic E-state index is -1.87. The van der Waals surface area contributed by atoms with E-state index in [1.165, 1.54) is 7.11 Å². The van der Waals surface area contributed by atoms with Gasteiger partial charge in [-0.2, -0.15) is 4.21 Å². The zero-order chi connectivity index (χ0) is 10.4. The quantitative estimate of drug-likeness (QED) is 0.487. The van der Waals surface area contributed by atoms with Gasteiger partial charge in [0, 0.05) is 6.20 Å². The molecule has 1 rings (SSSR count). The first kappa shape index (κ1) is 11.2. The van der Waals surface area contributed by atoms with E-state index >= 15 is 0 Å². The number of aromatic nitrogens is 3. The molecule has 0 fully saturated rings. The van der Waals surface area contributed by atoms with Crippen molar-refractivity contribution >= 4 is 11.4 Å². The van der Waals surface area contributed by atoms with Crippen molar-refractivity contribution in [2.45, 2.75) is 13.5 Å². The van der Waals surface area contributed by atoms with Crippen LogP contribution in [-0.2, 0) is 31.3 Å². The highest BCUT2D eigenvalue weighted by Gasteiger charge is 2.01. The van der Waals surface area contributed by atoms with Crippen LogP contribution in [0.1, 0.15) is 5.69 Å². The van der Waals surface area contributed by atoms with E-state index in [9.17, 15) is 4.21 Å². The summed E-state index contributed by atoms with van der Waals surface area (Å²) in [4.78, 5) is 4.15. The van der Waals surface area contributed by atoms with Crippen molar-refractivity contribution in [2.24, 2.45) is 0 Å². The summed E-state index contributed by atoms with van der Waals surface area (Å²) >= 11 is -1.87. The van der Waals surface area contributed by atoms with Crippen LogP contribution >= 0.6 is 0 Å². The van der Waals surface area contributed by atoms with Gasteiger partial charge in [-0.3, -0.25) is 4.18 Å². The molecular weight excluding hydrogens is 210 g/mol. The summed E-state index contributed by atoms with van der Waals surface area (Å²) in [5, 5.41) is 7.55. The molecule has 0 aliphatic carbocycles. The predicted octanol–water partition coefficient (Wildman–Crippen LogP) is -0.240. The van der Waals surface area contributed by atoms with E-state index in [0.29, 0.717) is 6.54 Å². The minimum absolute atomic E-state index is 0.207. The molecule has 1 heterocycles. The Balaban J connectivity index is 2.18. The summed E-state index contributed by atoms with van der Waals surface area (Å²) in [6.45, 7) is 2.50. The highest BCUT2D eigenvalue weighted by atomic mass is 32.2. The second-order valence-electron chi connectivity index (χ2n) is 2.38. The Labute approximate surface area is 83.7 Å². The molecule has 8 heteroatoms. The van der Waals surface area contributed by atoms with Crippen LogP contribution in [0.5, 0.6) is 0 Å². The van der Waals surface area contributed by atoms with Crippen molar-refractivity contribution in [3.05, 3.63) is 11.9 Å². The van der Waals surface area contributed by atoms with Crippen molar-refractivity contribution < 1.29 is 17.6 Å². The second-order valence-corrected chi connectivity index (χ2v) is 3.16. The fraction of sp³-hybridized carbons (Fsp3) is 0.667. The van der Waals surface area contributed by atoms with E-state index < -0.39 is 11.4 Å². The lowest BCUT2D eigenvalue weighted by Gasteiger charge is -2.00. The molecule has 80 valence electrons. The van der Waals surface area contributed by atoms with E-state index in [1.54, 1.807) is 10.9 Å². The molecule has 0 spiro atoms. The Bertz CT molecular complexity index is 303. The molecule has 0 aromatic carbocycles. The molecule has 0 saturated carbocycles. The summed E-state index contributed by atoms with van der Waals surface area (Å²) in [5.41, 5.74) is 0.819. The van der Waals surface area contributed by atoms with Gasteiger partial charge in [0.15, 0.2) is 0 Å². The third-order valence-electron chi connectivity index (χ3n) is 1.28. The van der Waals surface area contributed by atoms with Gasteiger partial charge >= 0.3 is 11.4 Å². The zero-order valence-electron chi connectivity index (χ0n) is 7.87. The normalized spacial score (nSPS) is 13.0. The first-order valence-corrected chi connectivity index (χ1v) is 4.85. The van der Waals surface area contributed by atoms with Crippen LogP contribution in [-0.4, -0.2) is 32.9 Å². The van der Waals surface area contributed by atoms with Crippen molar-refractivity contribution in [2.75, 3.05) is 13.7 Å². The van der Waals surface area contributed by atoms with Crippen LogP contribution in [0.15, 0.2) is 6.20 Å². The molecule has 1 unspecified atom stereocenters. The Kier molecular flexibility index (Phi) is 4.66. The van der Waals surface area contributed by atoms with Crippen molar-refractivity contribution in [1.82, 2.24) is 15.0 Å². The first-order valence-electron chi connectivity index (χ1n) is 3.85. The largest absolute Gasteiger partial charge is 0.333 e. The Morgan fingerprint density at radius 1 is 1.64 bits per heavy atom. The van der Waals surface area contributed by atoms with Gasteiger partial charge in [-0.15, -0.1) is 9.43 Å². The van der Waals surface area contributed by atoms with Gasteiger partial charge in [0.1, 0.15) is 0 Å². The molecule has 1 aromatic heterocycles. The molecule has 1 atom stereocenters. The summed E-state index contributed by atoms with van der Waals surface area (Å²) < 4.78 is 21.2. The van der Waals surface area contributed by atoms with Crippen LogP contribution in [0.4, 0.5) is 0 Å². The zero-order valence-corrected chi connectivity index (χ0v) is 8.69. The van der Waals surface area contributed by atoms with E-state index in [1.807, 2.05) is 6.92 Å². The van der Waals surface area contributed by atoms with E-state index in [2.05, 4.69) is 19.5 Å². The summed E-state index contributed by atoms with van der Waals surface area (Å²) in [6.07, 6.45) is 1.75. The van der Waals surface area contributed by atoms with Crippen LogP contribution in [0.25, 0.3) is 0 Å². The maximum atomic E-state index is 10.7. The lowest BCUT2D eigenvalue weighted by atomic mass is 10.5. The first-order chi connectivity index (χ1) is 6.72. The lowest BCUT2D eigenvalue weighted by Crippen LogP contribution is -2.09. The highest BCUT2D eigenvalue weighted by molar-refractivity contribution is 7.75. The van der Waals surface area contributed by atoms with Gasteiger partial charge in [0.2, 0.25) is 0 Å². The third-order valence-corrected chi connectivity index (χ3v) is 1.88. The summed E-state index contributed by atoms with van der Waals surface area (Å²) in [6, 6.07) is 0. The monoisotopic (exact) mass is 221 g/mol. The standard InChI is InChI=1S/C6H11N3O4S/c1-6-5-9(8-7-6)3-4-12-14(10)13-11-2/h5H,3-4H2,1-2H3. The molecule has 0 amide bonds. The number of hydrogen-bond donors (Lipinski definition) is 0. The van der Waals surface area contributed by atoms with Crippen LogP contribution in [0.3, 0.4) is 0 Å². The van der Waals surface area contributed by atoms with Crippen molar-refractivity contribution in [1.29, 1.82) is 0 Å². The molecule has 0 radical (unpaired) electrons. The Morgan fingerprint density at radius 2 is 2.43 bits per heavy atom. The molecule has 0 saturated heterocycles. The maximum Gasteiger partial charge on any atom is 0.333 e. The van der Waals surface area contributed by atoms with E-state index in [0.717, 1.165) is 5.69 Å². The summed E-state index contributed by atoms with van der Waals surface area (Å²) in [5.74, 6) is 0. The number of nitrogens with zero attached hydrogens (tertiary/aromatic N) is 3. The van der Waals surface area contributed by atoms with Gasteiger partial charge in [-0.1, -0.05) is 5.21 Å². The van der Waals surface area contributed by atoms with E-state index in [-0.39, 0.29) is 6.61 Å². The van der Waals surface area contributed by atoms with Gasteiger partial charge in [0.05, 0.1) is 26.0 Å². The Hall–Kier alpha value is -0.830. The van der Waals surface area contributed by atoms with Crippen molar-refractivity contribution in [3.63, 3.8) is 0 Å². The van der Waals surface area contributed by atoms with Gasteiger partial charge in [0.25, 0.3) is 0 Å². The smallest absolute Gasteiger partial charge is 0.265 e. The molecule has 7 nitrogen and oxygen atoms in total. The predicted molar refractivity (Wildman–Crippen MR) is 46.9 cm³/mol. The molecule has 0 aliphatic heterocycles. The number of rotatable bonds is 6. The summed E-state index contributed by atoms with van der Waals surface area (Å²) in [7, 11) is 1.25. The van der Waals surface area contributed by atoms with Gasteiger partial charge in [-0.25, -0.2) is 9.57 Å². The number of aryl methyl sites for hydroxylation is 1. The molecule has 0 bridgehead atoms. The van der Waals surface area contributed by atoms with Crippen LogP contribution < -0.4 is 0 Å². The SMILES string of the molecule is COOS(=O)OCCn1cc(C)nn1. The van der Waals surface area contributed by atoms with Gasteiger partial charge in [-0.05, 0) is 6.92 Å². The Morgan fingerprint density at radius 3 is 3.00 bits per heavy atom. The molecular formula is C6H11N3O4S. The fourth-order valence-electron chi connectivity index (χ4n) is 0.779. The van der Waals surface area contributed by atoms with Crippen LogP contribution in [0.2, 0.25) is 0 Å². The fourth-order valence-corrected chi connectivity index (χ4v) is 1.14. The minimum Gasteiger partial charge on any atom is -0.265 e. The molecule has 0 aliphatic rings. The highest BCUT2D eigenvalue weighted by Crippen LogP contribution is 1.92. The average Bonchev–Trinajstić information content (AvgIpc) is 2.52. The molecule has 0 N–H and O–H groups in total. The van der Waals surface area contributed by atoms with Gasteiger partial charge < -0.3 is 0 Å². The lowest BCUT2D eigenvalue weighted by molar-refractivity contribution is -0.174. The van der Waals surface area contributed by atoms with Crippen LogP contribution in [0, 0.1) is 6.92 Å². The molecule has 1 aromatic rings. The molecule has 14 heavy (non-hydrogen) atoms. The second kappa shape index (κ2) is 5.81. The maximum absolute atomic E-state index is 10.7. The average molecular weight is 221 g/mol. The van der Waals surface area contributed by atoms with Crippen molar-refractivity contribution in [3.8, 4) is 0 Å². The third kappa shape index (κ3) is 3.92.